The third-order valence-electron chi connectivity index (χ3n) is 5.79. The largest absolute Gasteiger partial charge is 0.338 e. The first-order valence-corrected chi connectivity index (χ1v) is 10.5. The minimum atomic E-state index is -0.342. The molecule has 1 aliphatic rings. The smallest absolute Gasteiger partial charge is 0.259 e. The van der Waals surface area contributed by atoms with Crippen molar-refractivity contribution in [1.29, 1.82) is 0 Å². The van der Waals surface area contributed by atoms with Gasteiger partial charge in [0, 0.05) is 30.7 Å². The molecule has 0 atom stereocenters. The molecular weight excluding hydrogens is 392 g/mol. The first-order valence-electron chi connectivity index (χ1n) is 10.5. The number of amides is 2. The number of fused-ring (bicyclic) bond motifs is 1. The quantitative estimate of drug-likeness (QED) is 0.705. The molecule has 0 unspecified atom stereocenters. The molecule has 0 bridgehead atoms. The number of rotatable bonds is 4. The van der Waals surface area contributed by atoms with Crippen molar-refractivity contribution in [2.24, 2.45) is 0 Å². The Bertz CT molecular complexity index is 1240. The molecule has 1 aliphatic heterocycles. The molecule has 7 heteroatoms. The molecule has 3 aromatic rings. The number of hydrogen-bond donors (Lipinski definition) is 1. The van der Waals surface area contributed by atoms with E-state index >= 15 is 0 Å². The molecule has 2 aromatic heterocycles. The zero-order valence-corrected chi connectivity index (χ0v) is 18.1. The molecule has 31 heavy (non-hydrogen) atoms. The van der Waals surface area contributed by atoms with Gasteiger partial charge in [-0.3, -0.25) is 14.4 Å². The summed E-state index contributed by atoms with van der Waals surface area (Å²) in [5, 5.41) is 3.24. The Labute approximate surface area is 180 Å². The number of pyridine rings is 2. The van der Waals surface area contributed by atoms with E-state index in [0.717, 1.165) is 29.7 Å². The van der Waals surface area contributed by atoms with Gasteiger partial charge in [-0.15, -0.1) is 0 Å². The Morgan fingerprint density at radius 1 is 1.03 bits per heavy atom. The Morgan fingerprint density at radius 3 is 2.48 bits per heavy atom. The van der Waals surface area contributed by atoms with Crippen molar-refractivity contribution < 1.29 is 9.59 Å². The molecule has 0 radical (unpaired) electrons. The van der Waals surface area contributed by atoms with Crippen LogP contribution < -0.4 is 10.7 Å². The maximum atomic E-state index is 13.0. The number of carbonyl (C=O) groups is 2. The van der Waals surface area contributed by atoms with Gasteiger partial charge in [0.05, 0.1) is 5.39 Å². The number of nitrogens with zero attached hydrogens (tertiary/aromatic N) is 3. The minimum absolute atomic E-state index is 0.0551. The number of aromatic nitrogens is 2. The van der Waals surface area contributed by atoms with Crippen LogP contribution in [0.1, 0.15) is 40.0 Å². The highest BCUT2D eigenvalue weighted by Gasteiger charge is 2.24. The Hall–Kier alpha value is -3.48. The zero-order chi connectivity index (χ0) is 22.1. The van der Waals surface area contributed by atoms with Crippen LogP contribution >= 0.6 is 0 Å². The maximum Gasteiger partial charge on any atom is 0.259 e. The van der Waals surface area contributed by atoms with Crippen LogP contribution in [0.5, 0.6) is 0 Å². The number of aryl methyl sites for hydroxylation is 3. The van der Waals surface area contributed by atoms with E-state index in [2.05, 4.69) is 10.3 Å². The summed E-state index contributed by atoms with van der Waals surface area (Å²) in [7, 11) is 0. The van der Waals surface area contributed by atoms with Crippen LogP contribution in [0.2, 0.25) is 0 Å². The number of likely N-dealkylation sites (tertiary alicyclic amines) is 1. The Balaban J connectivity index is 1.71. The highest BCUT2D eigenvalue weighted by atomic mass is 16.2. The van der Waals surface area contributed by atoms with E-state index in [1.54, 1.807) is 21.6 Å². The second kappa shape index (κ2) is 8.34. The first-order chi connectivity index (χ1) is 14.8. The third-order valence-corrected chi connectivity index (χ3v) is 5.79. The molecule has 160 valence electrons. The summed E-state index contributed by atoms with van der Waals surface area (Å²) in [6.07, 6.45) is 3.36. The topological polar surface area (TPSA) is 84.3 Å². The van der Waals surface area contributed by atoms with Gasteiger partial charge in [-0.25, -0.2) is 4.98 Å². The number of carbonyl (C=O) groups excluding carboxylic acids is 2. The molecule has 1 N–H and O–H groups in total. The minimum Gasteiger partial charge on any atom is -0.338 e. The first kappa shape index (κ1) is 20.8. The highest BCUT2D eigenvalue weighted by molar-refractivity contribution is 5.97. The van der Waals surface area contributed by atoms with Crippen molar-refractivity contribution in [2.75, 3.05) is 18.4 Å². The van der Waals surface area contributed by atoms with E-state index in [9.17, 15) is 14.4 Å². The summed E-state index contributed by atoms with van der Waals surface area (Å²) < 4.78 is 1.60. The summed E-state index contributed by atoms with van der Waals surface area (Å²) in [6.45, 7) is 7.07. The van der Waals surface area contributed by atoms with Gasteiger partial charge in [-0.1, -0.05) is 6.07 Å². The van der Waals surface area contributed by atoms with Crippen LogP contribution in [0.3, 0.4) is 0 Å². The van der Waals surface area contributed by atoms with E-state index in [1.165, 1.54) is 6.20 Å². The molecule has 0 aliphatic carbocycles. The monoisotopic (exact) mass is 418 g/mol. The van der Waals surface area contributed by atoms with Gasteiger partial charge in [0.1, 0.15) is 17.8 Å². The number of hydrogen-bond acceptors (Lipinski definition) is 4. The predicted octanol–water partition coefficient (Wildman–Crippen LogP) is 3.20. The molecule has 7 nitrogen and oxygen atoms in total. The van der Waals surface area contributed by atoms with Crippen LogP contribution in [-0.2, 0) is 11.3 Å². The van der Waals surface area contributed by atoms with Crippen molar-refractivity contribution in [3.05, 3.63) is 69.1 Å². The predicted molar refractivity (Wildman–Crippen MR) is 120 cm³/mol. The maximum absolute atomic E-state index is 13.0. The number of benzene rings is 1. The second-order valence-corrected chi connectivity index (χ2v) is 8.17. The number of anilines is 1. The lowest BCUT2D eigenvalue weighted by Crippen LogP contribution is -2.33. The standard InChI is InChI=1S/C24H26N4O3/c1-15-6-8-18(12-16(15)2)26-21(29)14-28-13-20(24(31)27-10-4-5-11-27)22(30)19-9-7-17(3)25-23(19)28/h6-9,12-13H,4-5,10-11,14H2,1-3H3,(H,26,29). The van der Waals surface area contributed by atoms with E-state index in [1.807, 2.05) is 39.0 Å². The van der Waals surface area contributed by atoms with Crippen LogP contribution in [-0.4, -0.2) is 39.4 Å². The van der Waals surface area contributed by atoms with Gasteiger partial charge in [-0.2, -0.15) is 0 Å². The molecular formula is C24H26N4O3. The fourth-order valence-electron chi connectivity index (χ4n) is 3.90. The highest BCUT2D eigenvalue weighted by Crippen LogP contribution is 2.17. The lowest BCUT2D eigenvalue weighted by molar-refractivity contribution is -0.116. The third kappa shape index (κ3) is 4.21. The Kier molecular flexibility index (Phi) is 5.59. The van der Waals surface area contributed by atoms with Crippen LogP contribution in [0, 0.1) is 20.8 Å². The van der Waals surface area contributed by atoms with E-state index in [-0.39, 0.29) is 29.4 Å². The summed E-state index contributed by atoms with van der Waals surface area (Å²) in [5.74, 6) is -0.538. The molecule has 1 saturated heterocycles. The van der Waals surface area contributed by atoms with Crippen LogP contribution in [0.4, 0.5) is 5.69 Å². The van der Waals surface area contributed by atoms with Gasteiger partial charge < -0.3 is 14.8 Å². The SMILES string of the molecule is Cc1ccc2c(=O)c(C(=O)N3CCCC3)cn(CC(=O)Nc3ccc(C)c(C)c3)c2n1. The molecule has 1 aromatic carbocycles. The zero-order valence-electron chi connectivity index (χ0n) is 18.1. The summed E-state index contributed by atoms with van der Waals surface area (Å²) >= 11 is 0. The van der Waals surface area contributed by atoms with Crippen LogP contribution in [0.25, 0.3) is 11.0 Å². The van der Waals surface area contributed by atoms with Crippen molar-refractivity contribution in [1.82, 2.24) is 14.5 Å². The van der Waals surface area contributed by atoms with E-state index in [0.29, 0.717) is 29.8 Å². The molecule has 4 rings (SSSR count). The molecule has 1 fully saturated rings. The fourth-order valence-corrected chi connectivity index (χ4v) is 3.90. The van der Waals surface area contributed by atoms with E-state index < -0.39 is 0 Å². The fraction of sp³-hybridized carbons (Fsp3) is 0.333. The Morgan fingerprint density at radius 2 is 1.77 bits per heavy atom. The lowest BCUT2D eigenvalue weighted by atomic mass is 10.1. The van der Waals surface area contributed by atoms with Gasteiger partial charge in [0.15, 0.2) is 0 Å². The van der Waals surface area contributed by atoms with Crippen molar-refractivity contribution in [3.63, 3.8) is 0 Å². The molecule has 2 amide bonds. The van der Waals surface area contributed by atoms with Gasteiger partial charge >= 0.3 is 0 Å². The average molecular weight is 418 g/mol. The molecule has 0 saturated carbocycles. The van der Waals surface area contributed by atoms with Crippen molar-refractivity contribution >= 4 is 28.5 Å². The van der Waals surface area contributed by atoms with Gasteiger partial charge in [-0.05, 0) is 69.0 Å². The summed E-state index contributed by atoms with van der Waals surface area (Å²) in [6, 6.07) is 9.15. The average Bonchev–Trinajstić information content (AvgIpc) is 3.27. The van der Waals surface area contributed by atoms with Gasteiger partial charge in [0.25, 0.3) is 5.91 Å². The summed E-state index contributed by atoms with van der Waals surface area (Å²) in [4.78, 5) is 45.0. The molecule has 0 spiro atoms. The van der Waals surface area contributed by atoms with E-state index in [4.69, 9.17) is 0 Å². The van der Waals surface area contributed by atoms with Crippen molar-refractivity contribution in [2.45, 2.75) is 40.2 Å². The van der Waals surface area contributed by atoms with Gasteiger partial charge in [0.2, 0.25) is 11.3 Å². The van der Waals surface area contributed by atoms with Crippen molar-refractivity contribution in [3.8, 4) is 0 Å². The summed E-state index contributed by atoms with van der Waals surface area (Å²) in [5.41, 5.74) is 3.81. The number of nitrogens with one attached hydrogen (secondary N) is 1. The second-order valence-electron chi connectivity index (χ2n) is 8.17. The van der Waals surface area contributed by atoms with Crippen LogP contribution in [0.15, 0.2) is 41.3 Å². The lowest BCUT2D eigenvalue weighted by Gasteiger charge is -2.17. The normalized spacial score (nSPS) is 13.6. The molecule has 3 heterocycles.